The standard InChI is InChI=1S/C19H24N2O2/c1-5-8-16(21-18(13(2)3)19(22)23-4)17-12-11-14-9-6-7-10-15(14)20-17/h5-7,9-13,16,18,21H,1,8H2,2-4H3/t16-,18-/m0/s1. The van der Waals surface area contributed by atoms with Crippen molar-refractivity contribution in [2.45, 2.75) is 32.4 Å². The lowest BCUT2D eigenvalue weighted by Gasteiger charge is -2.26. The molecule has 0 unspecified atom stereocenters. The van der Waals surface area contributed by atoms with Gasteiger partial charge < -0.3 is 4.74 Å². The maximum Gasteiger partial charge on any atom is 0.323 e. The largest absolute Gasteiger partial charge is 0.468 e. The number of hydrogen-bond donors (Lipinski definition) is 1. The van der Waals surface area contributed by atoms with Crippen LogP contribution in [0, 0.1) is 5.92 Å². The smallest absolute Gasteiger partial charge is 0.323 e. The van der Waals surface area contributed by atoms with E-state index in [1.54, 1.807) is 0 Å². The third-order valence-corrected chi connectivity index (χ3v) is 3.88. The molecule has 0 bridgehead atoms. The first-order valence-corrected chi connectivity index (χ1v) is 7.87. The molecule has 0 amide bonds. The molecule has 0 radical (unpaired) electrons. The lowest BCUT2D eigenvalue weighted by atomic mass is 10.0. The van der Waals surface area contributed by atoms with E-state index in [0.29, 0.717) is 6.42 Å². The quantitative estimate of drug-likeness (QED) is 0.626. The van der Waals surface area contributed by atoms with E-state index in [1.165, 1.54) is 7.11 Å². The first-order valence-electron chi connectivity index (χ1n) is 7.87. The molecule has 0 aliphatic rings. The molecule has 0 fully saturated rings. The number of esters is 1. The molecule has 0 aliphatic heterocycles. The molecular formula is C19H24N2O2. The van der Waals surface area contributed by atoms with Crippen molar-refractivity contribution in [3.05, 3.63) is 54.7 Å². The monoisotopic (exact) mass is 312 g/mol. The Labute approximate surface area is 137 Å². The lowest BCUT2D eigenvalue weighted by Crippen LogP contribution is -2.43. The average molecular weight is 312 g/mol. The van der Waals surface area contributed by atoms with Crippen molar-refractivity contribution in [1.82, 2.24) is 10.3 Å². The van der Waals surface area contributed by atoms with E-state index in [2.05, 4.69) is 18.0 Å². The number of carbonyl (C=O) groups is 1. The van der Waals surface area contributed by atoms with Crippen molar-refractivity contribution in [2.75, 3.05) is 7.11 Å². The highest BCUT2D eigenvalue weighted by Gasteiger charge is 2.26. The summed E-state index contributed by atoms with van der Waals surface area (Å²) in [5, 5.41) is 4.48. The summed E-state index contributed by atoms with van der Waals surface area (Å²) in [6, 6.07) is 11.6. The SMILES string of the molecule is C=CC[C@H](N[C@H](C(=O)OC)C(C)C)c1ccc2ccccc2n1. The summed E-state index contributed by atoms with van der Waals surface area (Å²) in [6.07, 6.45) is 2.52. The predicted octanol–water partition coefficient (Wildman–Crippen LogP) is 3.64. The molecule has 1 aromatic carbocycles. The van der Waals surface area contributed by atoms with Crippen molar-refractivity contribution in [3.63, 3.8) is 0 Å². The van der Waals surface area contributed by atoms with Gasteiger partial charge in [-0.1, -0.05) is 44.2 Å². The Kier molecular flexibility index (Phi) is 5.88. The van der Waals surface area contributed by atoms with E-state index >= 15 is 0 Å². The second kappa shape index (κ2) is 7.88. The Morgan fingerprint density at radius 3 is 2.70 bits per heavy atom. The molecule has 4 nitrogen and oxygen atoms in total. The topological polar surface area (TPSA) is 51.2 Å². The van der Waals surface area contributed by atoms with Crippen LogP contribution in [0.2, 0.25) is 0 Å². The van der Waals surface area contributed by atoms with Crippen molar-refractivity contribution < 1.29 is 9.53 Å². The van der Waals surface area contributed by atoms with Gasteiger partial charge in [-0.2, -0.15) is 0 Å². The van der Waals surface area contributed by atoms with Gasteiger partial charge in [0.15, 0.2) is 0 Å². The van der Waals surface area contributed by atoms with E-state index < -0.39 is 0 Å². The second-order valence-corrected chi connectivity index (χ2v) is 5.92. The number of benzene rings is 1. The zero-order valence-electron chi connectivity index (χ0n) is 14.0. The van der Waals surface area contributed by atoms with E-state index in [9.17, 15) is 4.79 Å². The Morgan fingerprint density at radius 1 is 1.30 bits per heavy atom. The fourth-order valence-electron chi connectivity index (χ4n) is 2.59. The summed E-state index contributed by atoms with van der Waals surface area (Å²) in [5.74, 6) is -0.134. The molecule has 2 rings (SSSR count). The maximum atomic E-state index is 12.0. The molecule has 0 spiro atoms. The van der Waals surface area contributed by atoms with Crippen LogP contribution in [0.5, 0.6) is 0 Å². The number of rotatable bonds is 7. The van der Waals surface area contributed by atoms with Gasteiger partial charge in [-0.3, -0.25) is 15.1 Å². The van der Waals surface area contributed by atoms with Crippen molar-refractivity contribution in [1.29, 1.82) is 0 Å². The Hall–Kier alpha value is -2.20. The van der Waals surface area contributed by atoms with Crippen LogP contribution in [0.15, 0.2) is 49.1 Å². The first-order chi connectivity index (χ1) is 11.1. The fourth-order valence-corrected chi connectivity index (χ4v) is 2.59. The molecule has 0 saturated heterocycles. The number of hydrogen-bond acceptors (Lipinski definition) is 4. The molecule has 4 heteroatoms. The van der Waals surface area contributed by atoms with Gasteiger partial charge in [0, 0.05) is 5.39 Å². The number of pyridine rings is 1. The van der Waals surface area contributed by atoms with Gasteiger partial charge in [-0.25, -0.2) is 0 Å². The predicted molar refractivity (Wildman–Crippen MR) is 93.1 cm³/mol. The van der Waals surface area contributed by atoms with Gasteiger partial charge >= 0.3 is 5.97 Å². The molecule has 23 heavy (non-hydrogen) atoms. The maximum absolute atomic E-state index is 12.0. The summed E-state index contributed by atoms with van der Waals surface area (Å²) in [6.45, 7) is 7.81. The average Bonchev–Trinajstić information content (AvgIpc) is 2.57. The molecule has 0 aliphatic carbocycles. The van der Waals surface area contributed by atoms with Crippen LogP contribution in [0.1, 0.15) is 32.0 Å². The molecule has 2 aromatic rings. The van der Waals surface area contributed by atoms with E-state index in [0.717, 1.165) is 16.6 Å². The first kappa shape index (κ1) is 17.2. The van der Waals surface area contributed by atoms with Crippen molar-refractivity contribution in [3.8, 4) is 0 Å². The Bertz CT molecular complexity index is 682. The normalized spacial score (nSPS) is 13.7. The highest BCUT2D eigenvalue weighted by molar-refractivity contribution is 5.78. The minimum Gasteiger partial charge on any atom is -0.468 e. The van der Waals surface area contributed by atoms with Crippen LogP contribution >= 0.6 is 0 Å². The fraction of sp³-hybridized carbons (Fsp3) is 0.368. The summed E-state index contributed by atoms with van der Waals surface area (Å²) < 4.78 is 4.91. The van der Waals surface area contributed by atoms with Crippen LogP contribution in [0.25, 0.3) is 10.9 Å². The third kappa shape index (κ3) is 4.17. The third-order valence-electron chi connectivity index (χ3n) is 3.88. The lowest BCUT2D eigenvalue weighted by molar-refractivity contribution is -0.144. The van der Waals surface area contributed by atoms with E-state index in [-0.39, 0.29) is 24.0 Å². The molecule has 1 aromatic heterocycles. The minimum absolute atomic E-state index is 0.0800. The molecule has 122 valence electrons. The van der Waals surface area contributed by atoms with E-state index in [4.69, 9.17) is 9.72 Å². The molecule has 1 heterocycles. The highest BCUT2D eigenvalue weighted by Crippen LogP contribution is 2.21. The van der Waals surface area contributed by atoms with Gasteiger partial charge in [0.2, 0.25) is 0 Å². The summed E-state index contributed by atoms with van der Waals surface area (Å²) in [4.78, 5) is 16.7. The van der Waals surface area contributed by atoms with Crippen LogP contribution in [-0.4, -0.2) is 24.1 Å². The second-order valence-electron chi connectivity index (χ2n) is 5.92. The highest BCUT2D eigenvalue weighted by atomic mass is 16.5. The number of aromatic nitrogens is 1. The Morgan fingerprint density at radius 2 is 2.04 bits per heavy atom. The zero-order valence-corrected chi connectivity index (χ0v) is 14.0. The van der Waals surface area contributed by atoms with E-state index in [1.807, 2.05) is 50.3 Å². The van der Waals surface area contributed by atoms with Gasteiger partial charge in [0.05, 0.1) is 24.4 Å². The summed E-state index contributed by atoms with van der Waals surface area (Å²) in [5.41, 5.74) is 1.85. The van der Waals surface area contributed by atoms with Gasteiger partial charge in [-0.05, 0) is 24.5 Å². The van der Waals surface area contributed by atoms with Gasteiger partial charge in [0.1, 0.15) is 6.04 Å². The van der Waals surface area contributed by atoms with Crippen LogP contribution in [0.3, 0.4) is 0 Å². The number of para-hydroxylation sites is 1. The van der Waals surface area contributed by atoms with Crippen molar-refractivity contribution in [2.24, 2.45) is 5.92 Å². The summed E-state index contributed by atoms with van der Waals surface area (Å²) >= 11 is 0. The van der Waals surface area contributed by atoms with Crippen LogP contribution in [0.4, 0.5) is 0 Å². The molecule has 1 N–H and O–H groups in total. The number of nitrogens with zero attached hydrogens (tertiary/aromatic N) is 1. The van der Waals surface area contributed by atoms with Crippen LogP contribution < -0.4 is 5.32 Å². The van der Waals surface area contributed by atoms with Crippen LogP contribution in [-0.2, 0) is 9.53 Å². The number of ether oxygens (including phenoxy) is 1. The van der Waals surface area contributed by atoms with Crippen molar-refractivity contribution >= 4 is 16.9 Å². The minimum atomic E-state index is -0.377. The molecule has 2 atom stereocenters. The number of fused-ring (bicyclic) bond motifs is 1. The number of methoxy groups -OCH3 is 1. The zero-order chi connectivity index (χ0) is 16.8. The Balaban J connectivity index is 2.31. The number of carbonyl (C=O) groups excluding carboxylic acids is 1. The van der Waals surface area contributed by atoms with Gasteiger partial charge in [-0.15, -0.1) is 6.58 Å². The summed E-state index contributed by atoms with van der Waals surface area (Å²) in [7, 11) is 1.41. The van der Waals surface area contributed by atoms with Gasteiger partial charge in [0.25, 0.3) is 0 Å². The number of nitrogens with one attached hydrogen (secondary N) is 1. The molecular weight excluding hydrogens is 288 g/mol. The molecule has 0 saturated carbocycles.